The molecule has 0 saturated heterocycles. The first-order chi connectivity index (χ1) is 12.1. The van der Waals surface area contributed by atoms with Crippen LogP contribution in [0.4, 0.5) is 11.5 Å². The van der Waals surface area contributed by atoms with Crippen molar-refractivity contribution < 1.29 is 9.53 Å². The first kappa shape index (κ1) is 17.2. The van der Waals surface area contributed by atoms with Crippen molar-refractivity contribution in [2.75, 3.05) is 12.4 Å². The molecule has 0 unspecified atom stereocenters. The molecule has 7 nitrogen and oxygen atoms in total. The van der Waals surface area contributed by atoms with Gasteiger partial charge in [-0.2, -0.15) is 5.26 Å². The number of esters is 1. The number of H-pyrrole nitrogens is 1. The van der Waals surface area contributed by atoms with Gasteiger partial charge in [-0.05, 0) is 5.92 Å². The molecule has 0 spiro atoms. The highest BCUT2D eigenvalue weighted by Crippen LogP contribution is 2.28. The van der Waals surface area contributed by atoms with E-state index in [2.05, 4.69) is 15.3 Å². The Hall–Kier alpha value is -2.66. The monoisotopic (exact) mass is 358 g/mol. The van der Waals surface area contributed by atoms with Crippen LogP contribution >= 0.6 is 11.3 Å². The minimum atomic E-state index is -0.488. The van der Waals surface area contributed by atoms with E-state index in [1.807, 2.05) is 6.07 Å². The molecule has 0 amide bonds. The van der Waals surface area contributed by atoms with E-state index < -0.39 is 11.5 Å². The van der Waals surface area contributed by atoms with Gasteiger partial charge >= 0.3 is 5.97 Å². The summed E-state index contributed by atoms with van der Waals surface area (Å²) in [6, 6.07) is 1.88. The Morgan fingerprint density at radius 2 is 2.24 bits per heavy atom. The van der Waals surface area contributed by atoms with Gasteiger partial charge in [0.1, 0.15) is 11.9 Å². The van der Waals surface area contributed by atoms with Crippen molar-refractivity contribution in [3.63, 3.8) is 0 Å². The molecule has 0 bridgehead atoms. The number of carbonyl (C=O) groups is 1. The van der Waals surface area contributed by atoms with E-state index in [1.165, 1.54) is 31.3 Å². The van der Waals surface area contributed by atoms with Crippen molar-refractivity contribution in [1.29, 1.82) is 5.26 Å². The number of hydrogen-bond acceptors (Lipinski definition) is 7. The highest BCUT2D eigenvalue weighted by atomic mass is 32.1. The summed E-state index contributed by atoms with van der Waals surface area (Å²) in [7, 11) is 1.30. The van der Waals surface area contributed by atoms with E-state index >= 15 is 0 Å². The van der Waals surface area contributed by atoms with Gasteiger partial charge in [0, 0.05) is 17.2 Å². The van der Waals surface area contributed by atoms with Gasteiger partial charge in [-0.3, -0.25) is 4.79 Å². The molecule has 2 heterocycles. The molecule has 8 heteroatoms. The minimum Gasteiger partial charge on any atom is -0.465 e. The van der Waals surface area contributed by atoms with Crippen LogP contribution in [0.2, 0.25) is 0 Å². The maximum Gasteiger partial charge on any atom is 0.340 e. The zero-order chi connectivity index (χ0) is 17.8. The summed E-state index contributed by atoms with van der Waals surface area (Å²) < 4.78 is 4.74. The zero-order valence-corrected chi connectivity index (χ0v) is 14.6. The number of anilines is 2. The molecule has 0 aromatic carbocycles. The molecule has 2 aromatic rings. The van der Waals surface area contributed by atoms with E-state index in [1.54, 1.807) is 10.8 Å². The lowest BCUT2D eigenvalue weighted by Crippen LogP contribution is -2.19. The smallest absolute Gasteiger partial charge is 0.340 e. The number of aromatic nitrogens is 2. The van der Waals surface area contributed by atoms with E-state index in [4.69, 9.17) is 4.74 Å². The summed E-state index contributed by atoms with van der Waals surface area (Å²) in [4.78, 5) is 31.2. The largest absolute Gasteiger partial charge is 0.465 e. The second-order valence-corrected chi connectivity index (χ2v) is 6.76. The normalized spacial score (nSPS) is 14.2. The third kappa shape index (κ3) is 3.72. The molecule has 3 rings (SSSR count). The summed E-state index contributed by atoms with van der Waals surface area (Å²) in [5, 5.41) is 15.6. The Labute approximate surface area is 148 Å². The predicted octanol–water partition coefficient (Wildman–Crippen LogP) is 2.97. The van der Waals surface area contributed by atoms with E-state index in [-0.39, 0.29) is 11.4 Å². The minimum absolute atomic E-state index is 0.0998. The molecule has 0 aliphatic heterocycles. The molecule has 0 radical (unpaired) electrons. The second-order valence-electron chi connectivity index (χ2n) is 6.02. The van der Waals surface area contributed by atoms with Crippen molar-refractivity contribution in [2.45, 2.75) is 32.1 Å². The number of methoxy groups -OCH3 is 1. The van der Waals surface area contributed by atoms with Crippen LogP contribution in [-0.2, 0) is 11.2 Å². The van der Waals surface area contributed by atoms with Gasteiger partial charge in [0.2, 0.25) is 0 Å². The average Bonchev–Trinajstić information content (AvgIpc) is 3.26. The fourth-order valence-electron chi connectivity index (χ4n) is 3.09. The van der Waals surface area contributed by atoms with Crippen LogP contribution < -0.4 is 10.9 Å². The maximum atomic E-state index is 12.2. The summed E-state index contributed by atoms with van der Waals surface area (Å²) in [5.74, 6) is 0.755. The Morgan fingerprint density at radius 1 is 1.48 bits per heavy atom. The highest BCUT2D eigenvalue weighted by Gasteiger charge is 2.20. The lowest BCUT2D eigenvalue weighted by Gasteiger charge is -2.11. The Morgan fingerprint density at radius 3 is 2.92 bits per heavy atom. The first-order valence-electron chi connectivity index (χ1n) is 8.07. The van der Waals surface area contributed by atoms with E-state index in [0.29, 0.717) is 29.4 Å². The van der Waals surface area contributed by atoms with Crippen LogP contribution in [0.1, 0.15) is 47.4 Å². The molecule has 0 atom stereocenters. The van der Waals surface area contributed by atoms with Crippen molar-refractivity contribution >= 4 is 28.8 Å². The van der Waals surface area contributed by atoms with Gasteiger partial charge in [0.15, 0.2) is 11.4 Å². The second kappa shape index (κ2) is 7.49. The third-order valence-electron chi connectivity index (χ3n) is 4.36. The first-order valence-corrected chi connectivity index (χ1v) is 9.01. The Bertz CT molecular complexity index is 875. The fourth-order valence-corrected chi connectivity index (χ4v) is 3.84. The van der Waals surface area contributed by atoms with Gasteiger partial charge < -0.3 is 15.0 Å². The molecule has 1 fully saturated rings. The van der Waals surface area contributed by atoms with Gasteiger partial charge in [0.25, 0.3) is 5.56 Å². The lowest BCUT2D eigenvalue weighted by molar-refractivity contribution is 0.0602. The maximum absolute atomic E-state index is 12.2. The van der Waals surface area contributed by atoms with Crippen LogP contribution in [0, 0.1) is 17.2 Å². The van der Waals surface area contributed by atoms with Gasteiger partial charge in [-0.1, -0.05) is 25.7 Å². The quantitative estimate of drug-likeness (QED) is 0.796. The number of aromatic amines is 1. The number of nitrogens with one attached hydrogen (secondary N) is 2. The van der Waals surface area contributed by atoms with Gasteiger partial charge in [0.05, 0.1) is 18.4 Å². The summed E-state index contributed by atoms with van der Waals surface area (Å²) in [6.45, 7) is 0. The van der Waals surface area contributed by atoms with E-state index in [9.17, 15) is 14.9 Å². The molecule has 130 valence electrons. The topological polar surface area (TPSA) is 108 Å². The number of hydrogen-bond donors (Lipinski definition) is 2. The van der Waals surface area contributed by atoms with E-state index in [0.717, 1.165) is 12.8 Å². The molecular weight excluding hydrogens is 340 g/mol. The molecule has 25 heavy (non-hydrogen) atoms. The molecule has 1 saturated carbocycles. The summed E-state index contributed by atoms with van der Waals surface area (Å²) in [6.07, 6.45) is 5.34. The summed E-state index contributed by atoms with van der Waals surface area (Å²) in [5.41, 5.74) is 0.245. The van der Waals surface area contributed by atoms with Crippen molar-refractivity contribution in [1.82, 2.24) is 9.97 Å². The van der Waals surface area contributed by atoms with Crippen molar-refractivity contribution in [3.8, 4) is 6.07 Å². The number of nitriles is 1. The van der Waals surface area contributed by atoms with Crippen LogP contribution in [0.15, 0.2) is 15.6 Å². The average molecular weight is 358 g/mol. The number of rotatable bonds is 5. The van der Waals surface area contributed by atoms with Crippen LogP contribution in [0.25, 0.3) is 0 Å². The Kier molecular flexibility index (Phi) is 5.14. The molecular formula is C17H18N4O3S. The lowest BCUT2D eigenvalue weighted by atomic mass is 10.0. The zero-order valence-electron chi connectivity index (χ0n) is 13.8. The number of nitrogens with zero attached hydrogens (tertiary/aromatic N) is 2. The van der Waals surface area contributed by atoms with Crippen LogP contribution in [-0.4, -0.2) is 23.0 Å². The molecule has 2 aromatic heterocycles. The molecule has 1 aliphatic rings. The SMILES string of the molecule is COC(=O)c1cscc1Nc1nc(CC2CCCC2)[nH]c(=O)c1C#N. The fraction of sp³-hybridized carbons (Fsp3) is 0.412. The number of carbonyl (C=O) groups excluding carboxylic acids is 1. The standard InChI is InChI=1S/C17H18N4O3S/c1-24-17(23)12-8-25-9-13(12)19-15-11(7-18)16(22)21-14(20-15)6-10-4-2-3-5-10/h8-10H,2-6H2,1H3,(H2,19,20,21,22). The third-order valence-corrected chi connectivity index (χ3v) is 5.10. The predicted molar refractivity (Wildman–Crippen MR) is 94.2 cm³/mol. The highest BCUT2D eigenvalue weighted by molar-refractivity contribution is 7.08. The molecule has 1 aliphatic carbocycles. The van der Waals surface area contributed by atoms with Crippen molar-refractivity contribution in [3.05, 3.63) is 38.1 Å². The van der Waals surface area contributed by atoms with Crippen LogP contribution in [0.5, 0.6) is 0 Å². The number of thiophene rings is 1. The van der Waals surface area contributed by atoms with Crippen LogP contribution in [0.3, 0.4) is 0 Å². The summed E-state index contributed by atoms with van der Waals surface area (Å²) >= 11 is 1.32. The number of ether oxygens (including phenoxy) is 1. The van der Waals surface area contributed by atoms with Gasteiger partial charge in [-0.15, -0.1) is 11.3 Å². The van der Waals surface area contributed by atoms with Crippen molar-refractivity contribution in [2.24, 2.45) is 5.92 Å². The van der Waals surface area contributed by atoms with Gasteiger partial charge in [-0.25, -0.2) is 9.78 Å². The molecule has 2 N–H and O–H groups in total. The Balaban J connectivity index is 1.93.